The summed E-state index contributed by atoms with van der Waals surface area (Å²) >= 11 is 1.36. The van der Waals surface area contributed by atoms with Gasteiger partial charge in [0.1, 0.15) is 17.3 Å². The number of ether oxygens (including phenoxy) is 1. The van der Waals surface area contributed by atoms with Gasteiger partial charge in [-0.25, -0.2) is 0 Å². The third kappa shape index (κ3) is 4.85. The molecule has 1 aromatic heterocycles. The van der Waals surface area contributed by atoms with Crippen LogP contribution < -0.4 is 5.43 Å². The third-order valence-corrected chi connectivity index (χ3v) is 4.91. The predicted molar refractivity (Wildman–Crippen MR) is 101 cm³/mol. The van der Waals surface area contributed by atoms with E-state index in [1.165, 1.54) is 18.0 Å². The number of hydrogen-bond acceptors (Lipinski definition) is 5. The second kappa shape index (κ2) is 9.38. The van der Waals surface area contributed by atoms with Gasteiger partial charge in [0, 0.05) is 23.5 Å². The second-order valence-corrected chi connectivity index (χ2v) is 6.79. The van der Waals surface area contributed by atoms with Crippen LogP contribution in [-0.2, 0) is 24.4 Å². The maximum absolute atomic E-state index is 12.8. The molecule has 0 amide bonds. The second-order valence-electron chi connectivity index (χ2n) is 5.71. The number of aliphatic hydroxyl groups is 1. The van der Waals surface area contributed by atoms with Gasteiger partial charge in [0.15, 0.2) is 0 Å². The van der Waals surface area contributed by atoms with Gasteiger partial charge in [-0.15, -0.1) is 0 Å². The molecule has 0 aliphatic heterocycles. The van der Waals surface area contributed by atoms with Crippen molar-refractivity contribution in [3.63, 3.8) is 0 Å². The van der Waals surface area contributed by atoms with Crippen LogP contribution in [0.25, 0.3) is 0 Å². The van der Waals surface area contributed by atoms with Crippen molar-refractivity contribution in [2.75, 3.05) is 6.61 Å². The monoisotopic (exact) mass is 368 g/mol. The zero-order chi connectivity index (χ0) is 18.2. The molecule has 134 valence electrons. The van der Waals surface area contributed by atoms with Crippen molar-refractivity contribution in [2.45, 2.75) is 29.4 Å². The fourth-order valence-corrected chi connectivity index (χ4v) is 3.43. The molecule has 3 aromatic rings. The SMILES string of the molecule is O=c1c(CCO)coc(COCc2ccccc2)c1Sc1ccccc1. The highest BCUT2D eigenvalue weighted by Crippen LogP contribution is 2.28. The molecule has 0 aliphatic carbocycles. The molecule has 4 nitrogen and oxygen atoms in total. The van der Waals surface area contributed by atoms with Crippen LogP contribution in [0.1, 0.15) is 16.9 Å². The summed E-state index contributed by atoms with van der Waals surface area (Å²) in [7, 11) is 0. The lowest BCUT2D eigenvalue weighted by molar-refractivity contribution is 0.0889. The largest absolute Gasteiger partial charge is 0.465 e. The highest BCUT2D eigenvalue weighted by molar-refractivity contribution is 7.99. The summed E-state index contributed by atoms with van der Waals surface area (Å²) in [6.07, 6.45) is 1.70. The standard InChI is InChI=1S/C21H20O4S/c22-12-11-17-14-25-19(15-24-13-16-7-3-1-4-8-16)21(20(17)23)26-18-9-5-2-6-10-18/h1-10,14,22H,11-13,15H2. The Labute approximate surface area is 156 Å². The van der Waals surface area contributed by atoms with Crippen molar-refractivity contribution in [1.29, 1.82) is 0 Å². The Morgan fingerprint density at radius 2 is 1.65 bits per heavy atom. The lowest BCUT2D eigenvalue weighted by atomic mass is 10.2. The molecular weight excluding hydrogens is 348 g/mol. The number of aliphatic hydroxyl groups excluding tert-OH is 1. The quantitative estimate of drug-likeness (QED) is 0.650. The lowest BCUT2D eigenvalue weighted by Crippen LogP contribution is -2.15. The molecule has 0 atom stereocenters. The first-order valence-corrected chi connectivity index (χ1v) is 9.18. The van der Waals surface area contributed by atoms with E-state index in [-0.39, 0.29) is 25.1 Å². The zero-order valence-electron chi connectivity index (χ0n) is 14.3. The summed E-state index contributed by atoms with van der Waals surface area (Å²) < 4.78 is 11.4. The summed E-state index contributed by atoms with van der Waals surface area (Å²) in [5, 5.41) is 9.15. The first kappa shape index (κ1) is 18.5. The summed E-state index contributed by atoms with van der Waals surface area (Å²) in [6, 6.07) is 19.5. The molecule has 0 saturated carbocycles. The third-order valence-electron chi connectivity index (χ3n) is 3.78. The molecular formula is C21H20O4S. The summed E-state index contributed by atoms with van der Waals surface area (Å²) in [5.41, 5.74) is 1.42. The van der Waals surface area contributed by atoms with Gasteiger partial charge >= 0.3 is 0 Å². The smallest absolute Gasteiger partial charge is 0.202 e. The van der Waals surface area contributed by atoms with Crippen LogP contribution in [0.4, 0.5) is 0 Å². The van der Waals surface area contributed by atoms with Gasteiger partial charge < -0.3 is 14.3 Å². The van der Waals surface area contributed by atoms with E-state index in [0.29, 0.717) is 22.8 Å². The van der Waals surface area contributed by atoms with E-state index in [0.717, 1.165) is 10.5 Å². The van der Waals surface area contributed by atoms with Crippen LogP contribution in [0.15, 0.2) is 85.9 Å². The van der Waals surface area contributed by atoms with E-state index in [1.807, 2.05) is 60.7 Å². The molecule has 0 spiro atoms. The highest BCUT2D eigenvalue weighted by atomic mass is 32.2. The van der Waals surface area contributed by atoms with Crippen molar-refractivity contribution in [3.05, 3.63) is 94.0 Å². The fourth-order valence-electron chi connectivity index (χ4n) is 2.46. The van der Waals surface area contributed by atoms with Gasteiger partial charge in [0.2, 0.25) is 5.43 Å². The van der Waals surface area contributed by atoms with Gasteiger partial charge in [-0.3, -0.25) is 4.79 Å². The van der Waals surface area contributed by atoms with E-state index in [4.69, 9.17) is 14.3 Å². The molecule has 3 rings (SSSR count). The Morgan fingerprint density at radius 3 is 2.35 bits per heavy atom. The van der Waals surface area contributed by atoms with Crippen LogP contribution in [0.5, 0.6) is 0 Å². The maximum atomic E-state index is 12.8. The van der Waals surface area contributed by atoms with Crippen LogP contribution in [0.2, 0.25) is 0 Å². The molecule has 0 bridgehead atoms. The van der Waals surface area contributed by atoms with Crippen molar-refractivity contribution >= 4 is 11.8 Å². The Kier molecular flexibility index (Phi) is 6.66. The normalized spacial score (nSPS) is 10.8. The number of rotatable bonds is 8. The summed E-state index contributed by atoms with van der Waals surface area (Å²) in [5.74, 6) is 0.501. The topological polar surface area (TPSA) is 59.7 Å². The van der Waals surface area contributed by atoms with E-state index in [9.17, 15) is 4.79 Å². The first-order valence-electron chi connectivity index (χ1n) is 8.37. The summed E-state index contributed by atoms with van der Waals surface area (Å²) in [4.78, 5) is 14.2. The van der Waals surface area contributed by atoms with Crippen molar-refractivity contribution in [2.24, 2.45) is 0 Å². The molecule has 1 N–H and O–H groups in total. The Morgan fingerprint density at radius 1 is 0.962 bits per heavy atom. The first-order chi connectivity index (χ1) is 12.8. The maximum Gasteiger partial charge on any atom is 0.202 e. The molecule has 5 heteroatoms. The van der Waals surface area contributed by atoms with E-state index < -0.39 is 0 Å². The highest BCUT2D eigenvalue weighted by Gasteiger charge is 2.15. The van der Waals surface area contributed by atoms with E-state index >= 15 is 0 Å². The van der Waals surface area contributed by atoms with Crippen LogP contribution in [0.3, 0.4) is 0 Å². The lowest BCUT2D eigenvalue weighted by Gasteiger charge is -2.10. The van der Waals surface area contributed by atoms with Crippen molar-refractivity contribution in [3.8, 4) is 0 Å². The minimum atomic E-state index is -0.113. The average molecular weight is 368 g/mol. The van der Waals surface area contributed by atoms with Gasteiger partial charge in [-0.2, -0.15) is 0 Å². The number of benzene rings is 2. The van der Waals surface area contributed by atoms with Crippen molar-refractivity contribution in [1.82, 2.24) is 0 Å². The van der Waals surface area contributed by atoms with Crippen molar-refractivity contribution < 1.29 is 14.3 Å². The van der Waals surface area contributed by atoms with Gasteiger partial charge in [0.05, 0.1) is 12.9 Å². The van der Waals surface area contributed by atoms with Crippen LogP contribution in [-0.4, -0.2) is 11.7 Å². The zero-order valence-corrected chi connectivity index (χ0v) is 15.1. The Hall–Kier alpha value is -2.34. The van der Waals surface area contributed by atoms with E-state index in [2.05, 4.69) is 0 Å². The molecule has 0 aliphatic rings. The molecule has 0 radical (unpaired) electrons. The molecule has 1 heterocycles. The Balaban J connectivity index is 1.81. The molecule has 26 heavy (non-hydrogen) atoms. The molecule has 0 unspecified atom stereocenters. The predicted octanol–water partition coefficient (Wildman–Crippen LogP) is 4.04. The molecule has 2 aromatic carbocycles. The Bertz CT molecular complexity index is 876. The van der Waals surface area contributed by atoms with Gasteiger partial charge in [-0.1, -0.05) is 60.3 Å². The van der Waals surface area contributed by atoms with Gasteiger partial charge in [-0.05, 0) is 17.7 Å². The minimum absolute atomic E-state index is 0.0932. The van der Waals surface area contributed by atoms with Crippen LogP contribution in [0, 0.1) is 0 Å². The minimum Gasteiger partial charge on any atom is -0.465 e. The van der Waals surface area contributed by atoms with Gasteiger partial charge in [0.25, 0.3) is 0 Å². The average Bonchev–Trinajstić information content (AvgIpc) is 2.68. The molecule has 0 fully saturated rings. The summed E-state index contributed by atoms with van der Waals surface area (Å²) in [6.45, 7) is 0.557. The molecule has 0 saturated heterocycles. The fraction of sp³-hybridized carbons (Fsp3) is 0.190. The van der Waals surface area contributed by atoms with E-state index in [1.54, 1.807) is 0 Å². The van der Waals surface area contributed by atoms with Crippen LogP contribution >= 0.6 is 11.8 Å². The number of hydrogen-bond donors (Lipinski definition) is 1.